The van der Waals surface area contributed by atoms with Gasteiger partial charge in [0, 0.05) is 25.1 Å². The number of carbonyl (C=O) groups is 2. The molecule has 0 radical (unpaired) electrons. The molecule has 4 aromatic rings. The van der Waals surface area contributed by atoms with Crippen LogP contribution in [-0.2, 0) is 32.6 Å². The number of halogens is 1. The van der Waals surface area contributed by atoms with E-state index in [-0.39, 0.29) is 29.1 Å². The van der Waals surface area contributed by atoms with Crippen molar-refractivity contribution in [3.8, 4) is 5.75 Å². The summed E-state index contributed by atoms with van der Waals surface area (Å²) in [6, 6.07) is 26.9. The lowest BCUT2D eigenvalue weighted by Gasteiger charge is -2.34. The lowest BCUT2D eigenvalue weighted by Crippen LogP contribution is -2.53. The maximum absolute atomic E-state index is 15.0. The predicted molar refractivity (Wildman–Crippen MR) is 173 cm³/mol. The molecule has 10 heteroatoms. The van der Waals surface area contributed by atoms with E-state index in [9.17, 15) is 22.4 Å². The molecule has 0 aromatic heterocycles. The average Bonchev–Trinajstić information content (AvgIpc) is 3.04. The molecule has 1 atom stereocenters. The summed E-state index contributed by atoms with van der Waals surface area (Å²) in [5.41, 5.74) is 2.16. The summed E-state index contributed by atoms with van der Waals surface area (Å²) in [7, 11) is -4.27. The zero-order valence-corrected chi connectivity index (χ0v) is 26.5. The van der Waals surface area contributed by atoms with Gasteiger partial charge in [-0.05, 0) is 68.8 Å². The molecule has 0 aliphatic heterocycles. The summed E-state index contributed by atoms with van der Waals surface area (Å²) in [6.45, 7) is 5.33. The minimum atomic E-state index is -4.27. The number of amides is 2. The Bertz CT molecular complexity index is 1680. The summed E-state index contributed by atoms with van der Waals surface area (Å²) in [5.74, 6) is -1.12. The molecule has 8 nitrogen and oxygen atoms in total. The third-order valence-electron chi connectivity index (χ3n) is 7.24. The Morgan fingerprint density at radius 2 is 1.51 bits per heavy atom. The van der Waals surface area contributed by atoms with Crippen molar-refractivity contribution in [2.24, 2.45) is 0 Å². The van der Waals surface area contributed by atoms with Gasteiger partial charge in [0.05, 0.1) is 17.2 Å². The minimum Gasteiger partial charge on any atom is -0.494 e. The smallest absolute Gasteiger partial charge is 0.264 e. The first-order valence-electron chi connectivity index (χ1n) is 14.8. The van der Waals surface area contributed by atoms with Crippen molar-refractivity contribution in [2.75, 3.05) is 24.0 Å². The largest absolute Gasteiger partial charge is 0.494 e. The minimum absolute atomic E-state index is 0.0375. The summed E-state index contributed by atoms with van der Waals surface area (Å²) in [6.07, 6.45) is 0.142. The van der Waals surface area contributed by atoms with Crippen LogP contribution in [0.25, 0.3) is 0 Å². The van der Waals surface area contributed by atoms with E-state index in [4.69, 9.17) is 4.74 Å². The van der Waals surface area contributed by atoms with Crippen molar-refractivity contribution in [3.63, 3.8) is 0 Å². The van der Waals surface area contributed by atoms with Gasteiger partial charge in [-0.2, -0.15) is 0 Å². The van der Waals surface area contributed by atoms with Gasteiger partial charge in [0.15, 0.2) is 0 Å². The first kappa shape index (κ1) is 33.2. The Kier molecular flexibility index (Phi) is 11.3. The van der Waals surface area contributed by atoms with E-state index in [1.165, 1.54) is 23.1 Å². The van der Waals surface area contributed by atoms with E-state index >= 15 is 0 Å². The molecule has 0 unspecified atom stereocenters. The second-order valence-electron chi connectivity index (χ2n) is 10.5. The zero-order chi connectivity index (χ0) is 32.4. The Morgan fingerprint density at radius 3 is 2.13 bits per heavy atom. The summed E-state index contributed by atoms with van der Waals surface area (Å²) >= 11 is 0. The fourth-order valence-corrected chi connectivity index (χ4v) is 6.31. The molecule has 2 amide bonds. The quantitative estimate of drug-likeness (QED) is 0.198. The van der Waals surface area contributed by atoms with E-state index in [1.807, 2.05) is 44.2 Å². The van der Waals surface area contributed by atoms with Gasteiger partial charge >= 0.3 is 0 Å². The number of anilines is 1. The van der Waals surface area contributed by atoms with E-state index in [1.54, 1.807) is 61.5 Å². The molecule has 45 heavy (non-hydrogen) atoms. The third kappa shape index (κ3) is 8.48. The highest BCUT2D eigenvalue weighted by Crippen LogP contribution is 2.27. The number of sulfonamides is 1. The first-order chi connectivity index (χ1) is 21.6. The van der Waals surface area contributed by atoms with E-state index in [0.29, 0.717) is 18.9 Å². The molecule has 0 aliphatic carbocycles. The van der Waals surface area contributed by atoms with Crippen molar-refractivity contribution < 1.29 is 27.1 Å². The van der Waals surface area contributed by atoms with Crippen LogP contribution < -0.4 is 14.4 Å². The molecular formula is C35H38FN3O5S. The maximum atomic E-state index is 15.0. The molecular weight excluding hydrogens is 593 g/mol. The van der Waals surface area contributed by atoms with Gasteiger partial charge in [-0.25, -0.2) is 12.8 Å². The van der Waals surface area contributed by atoms with Crippen molar-refractivity contribution in [1.82, 2.24) is 10.2 Å². The van der Waals surface area contributed by atoms with Crippen LogP contribution in [0.4, 0.5) is 10.1 Å². The highest BCUT2D eigenvalue weighted by molar-refractivity contribution is 7.92. The number of nitrogens with zero attached hydrogens (tertiary/aromatic N) is 2. The Balaban J connectivity index is 1.79. The molecule has 4 aromatic carbocycles. The number of hydrogen-bond acceptors (Lipinski definition) is 5. The monoisotopic (exact) mass is 631 g/mol. The molecule has 236 valence electrons. The number of carbonyl (C=O) groups excluding carboxylic acids is 2. The highest BCUT2D eigenvalue weighted by Gasteiger charge is 2.35. The van der Waals surface area contributed by atoms with Gasteiger partial charge in [0.2, 0.25) is 11.8 Å². The normalized spacial score (nSPS) is 11.8. The van der Waals surface area contributed by atoms with E-state index < -0.39 is 40.2 Å². The van der Waals surface area contributed by atoms with Crippen LogP contribution in [-0.4, -0.2) is 50.9 Å². The Morgan fingerprint density at radius 1 is 0.867 bits per heavy atom. The van der Waals surface area contributed by atoms with Crippen LogP contribution in [0, 0.1) is 12.7 Å². The molecule has 0 bridgehead atoms. The van der Waals surface area contributed by atoms with Crippen molar-refractivity contribution in [1.29, 1.82) is 0 Å². The number of benzene rings is 4. The number of likely N-dealkylation sites (N-methyl/N-ethyl adjacent to an activating group) is 1. The molecule has 4 rings (SSSR count). The number of rotatable bonds is 14. The molecule has 0 heterocycles. The van der Waals surface area contributed by atoms with Gasteiger partial charge in [0.1, 0.15) is 24.2 Å². The van der Waals surface area contributed by atoms with Gasteiger partial charge in [-0.1, -0.05) is 66.2 Å². The van der Waals surface area contributed by atoms with Crippen LogP contribution in [0.1, 0.15) is 30.5 Å². The van der Waals surface area contributed by atoms with Gasteiger partial charge in [-0.15, -0.1) is 0 Å². The number of ether oxygens (including phenoxy) is 1. The van der Waals surface area contributed by atoms with Crippen LogP contribution >= 0.6 is 0 Å². The van der Waals surface area contributed by atoms with Crippen LogP contribution in [0.2, 0.25) is 0 Å². The van der Waals surface area contributed by atoms with Crippen LogP contribution in [0.3, 0.4) is 0 Å². The van der Waals surface area contributed by atoms with Crippen molar-refractivity contribution in [2.45, 2.75) is 44.7 Å². The van der Waals surface area contributed by atoms with Gasteiger partial charge in [0.25, 0.3) is 10.0 Å². The average molecular weight is 632 g/mol. The van der Waals surface area contributed by atoms with E-state index in [0.717, 1.165) is 15.4 Å². The standard InChI is InChI=1S/C35H38FN3O5S/c1-4-37-35(41)33(23-27-11-7-6-8-12-27)38(24-28-13-9-10-14-32(28)36)34(40)25-39(29-17-15-26(3)16-18-29)45(42,43)31-21-19-30(20-22-31)44-5-2/h6-22,33H,4-5,23-25H2,1-3H3,(H,37,41)/t33-/m0/s1. The fourth-order valence-electron chi connectivity index (χ4n) is 4.90. The molecule has 0 fully saturated rings. The Hall–Kier alpha value is -4.70. The second kappa shape index (κ2) is 15.3. The Labute approximate surface area is 264 Å². The van der Waals surface area contributed by atoms with Gasteiger partial charge < -0.3 is 15.0 Å². The van der Waals surface area contributed by atoms with Crippen molar-refractivity contribution >= 4 is 27.5 Å². The fraction of sp³-hybridized carbons (Fsp3) is 0.257. The number of hydrogen-bond donors (Lipinski definition) is 1. The van der Waals surface area contributed by atoms with Crippen LogP contribution in [0.15, 0.2) is 108 Å². The molecule has 1 N–H and O–H groups in total. The van der Waals surface area contributed by atoms with Gasteiger partial charge in [-0.3, -0.25) is 13.9 Å². The summed E-state index contributed by atoms with van der Waals surface area (Å²) in [5, 5.41) is 2.79. The third-order valence-corrected chi connectivity index (χ3v) is 9.03. The number of aryl methyl sites for hydroxylation is 1. The topological polar surface area (TPSA) is 96.0 Å². The zero-order valence-electron chi connectivity index (χ0n) is 25.6. The van der Waals surface area contributed by atoms with Crippen molar-refractivity contribution in [3.05, 3.63) is 126 Å². The molecule has 0 saturated heterocycles. The summed E-state index contributed by atoms with van der Waals surface area (Å²) < 4.78 is 49.7. The highest BCUT2D eigenvalue weighted by atomic mass is 32.2. The lowest BCUT2D eigenvalue weighted by atomic mass is 10.0. The molecule has 0 saturated carbocycles. The van der Waals surface area contributed by atoms with Crippen LogP contribution in [0.5, 0.6) is 5.75 Å². The predicted octanol–water partition coefficient (Wildman–Crippen LogP) is 5.50. The first-order valence-corrected chi connectivity index (χ1v) is 16.2. The molecule has 0 spiro atoms. The second-order valence-corrected chi connectivity index (χ2v) is 12.3. The number of nitrogens with one attached hydrogen (secondary N) is 1. The van der Waals surface area contributed by atoms with E-state index in [2.05, 4.69) is 5.32 Å². The molecule has 0 aliphatic rings. The summed E-state index contributed by atoms with van der Waals surface area (Å²) in [4.78, 5) is 29.1. The lowest BCUT2D eigenvalue weighted by molar-refractivity contribution is -0.140. The maximum Gasteiger partial charge on any atom is 0.264 e. The SMILES string of the molecule is CCNC(=O)[C@H](Cc1ccccc1)N(Cc1ccccc1F)C(=O)CN(c1ccc(C)cc1)S(=O)(=O)c1ccc(OCC)cc1.